The standard InChI is InChI=1S/CH2NOSi/c2-1(3)4/h(H2,2,3). The zero-order valence-corrected chi connectivity index (χ0v) is 2.99. The lowest BCUT2D eigenvalue weighted by Gasteiger charge is -1.59. The van der Waals surface area contributed by atoms with Gasteiger partial charge in [-0.15, -0.1) is 0 Å². The number of hydrogen-bond donors (Lipinski definition) is 1. The lowest BCUT2D eigenvalue weighted by atomic mass is 11.5. The second kappa shape index (κ2) is 1.06. The molecule has 21 valence electrons. The van der Waals surface area contributed by atoms with E-state index in [0.29, 0.717) is 0 Å². The van der Waals surface area contributed by atoms with Gasteiger partial charge in [0.1, 0.15) is 0 Å². The Hall–Kier alpha value is -0.313. The third kappa shape index (κ3) is 8.12. The molecule has 0 aliphatic carbocycles. The molecule has 0 aliphatic rings. The Morgan fingerprint density at radius 3 is 2.00 bits per heavy atom. The fraction of sp³-hybridized carbons (Fsp3) is 0. The van der Waals surface area contributed by atoms with Crippen molar-refractivity contribution in [1.29, 1.82) is 0 Å². The molecule has 3 radical (unpaired) electrons. The minimum atomic E-state index is -0.528. The van der Waals surface area contributed by atoms with Gasteiger partial charge in [0.05, 0.1) is 0 Å². The molecule has 2 nitrogen and oxygen atoms in total. The Morgan fingerprint density at radius 2 is 2.00 bits per heavy atom. The monoisotopic (exact) mass is 72.0 g/mol. The van der Waals surface area contributed by atoms with Crippen molar-refractivity contribution in [2.45, 2.75) is 0 Å². The summed E-state index contributed by atoms with van der Waals surface area (Å²) in [5.74, 6) is 0. The van der Waals surface area contributed by atoms with Crippen LogP contribution in [-0.4, -0.2) is 15.8 Å². The van der Waals surface area contributed by atoms with Gasteiger partial charge in [-0.1, -0.05) is 0 Å². The first-order valence-corrected chi connectivity index (χ1v) is 1.24. The topological polar surface area (TPSA) is 43.1 Å². The van der Waals surface area contributed by atoms with Crippen molar-refractivity contribution in [2.75, 3.05) is 0 Å². The fourth-order valence-electron chi connectivity index (χ4n) is 0. The average molecular weight is 72.1 g/mol. The van der Waals surface area contributed by atoms with Crippen LogP contribution in [0, 0.1) is 0 Å². The molecule has 0 aromatic heterocycles. The molecule has 0 saturated heterocycles. The van der Waals surface area contributed by atoms with Crippen LogP contribution < -0.4 is 5.73 Å². The summed E-state index contributed by atoms with van der Waals surface area (Å²) in [4.78, 5) is 9.14. The van der Waals surface area contributed by atoms with Gasteiger partial charge in [-0.05, 0) is 0 Å². The predicted octanol–water partition coefficient (Wildman–Crippen LogP) is -0.766. The number of nitrogens with two attached hydrogens (primary N) is 1. The van der Waals surface area contributed by atoms with Crippen molar-refractivity contribution >= 4 is 15.8 Å². The van der Waals surface area contributed by atoms with Crippen LogP contribution in [0.5, 0.6) is 0 Å². The highest BCUT2D eigenvalue weighted by atomic mass is 28.1. The fourth-order valence-corrected chi connectivity index (χ4v) is 0. The van der Waals surface area contributed by atoms with Gasteiger partial charge in [0.15, 0.2) is 15.8 Å². The Morgan fingerprint density at radius 1 is 2.00 bits per heavy atom. The maximum atomic E-state index is 9.14. The van der Waals surface area contributed by atoms with Gasteiger partial charge in [-0.3, -0.25) is 4.79 Å². The molecule has 0 aliphatic heterocycles. The molecule has 1 amide bonds. The Balaban J connectivity index is 2.80. The summed E-state index contributed by atoms with van der Waals surface area (Å²) < 4.78 is 0. The minimum absolute atomic E-state index is 0.528. The normalized spacial score (nSPS) is 6.25. The van der Waals surface area contributed by atoms with Crippen LogP contribution in [0.2, 0.25) is 0 Å². The highest BCUT2D eigenvalue weighted by Crippen LogP contribution is 1.33. The smallest absolute Gasteiger partial charge is 0.182 e. The van der Waals surface area contributed by atoms with E-state index in [1.54, 1.807) is 0 Å². The van der Waals surface area contributed by atoms with E-state index in [0.717, 1.165) is 0 Å². The van der Waals surface area contributed by atoms with Crippen LogP contribution in [0.25, 0.3) is 0 Å². The molecule has 2 N–H and O–H groups in total. The van der Waals surface area contributed by atoms with E-state index in [2.05, 4.69) is 16.0 Å². The number of rotatable bonds is 0. The average Bonchev–Trinajstić information content (AvgIpc) is 0.811. The lowest BCUT2D eigenvalue weighted by Crippen LogP contribution is -2.05. The van der Waals surface area contributed by atoms with Crippen LogP contribution in [0.3, 0.4) is 0 Å². The Bertz CT molecular complexity index is 31.0. The highest BCUT2D eigenvalue weighted by Gasteiger charge is 1.63. The van der Waals surface area contributed by atoms with Gasteiger partial charge in [-0.25, -0.2) is 0 Å². The van der Waals surface area contributed by atoms with Crippen LogP contribution in [-0.2, 0) is 0 Å². The van der Waals surface area contributed by atoms with Gasteiger partial charge in [0.2, 0.25) is 0 Å². The Kier molecular flexibility index (Phi) is 0.976. The second-order valence-electron chi connectivity index (χ2n) is 0.364. The number of carbonyl (C=O) groups is 1. The van der Waals surface area contributed by atoms with Gasteiger partial charge in [0, 0.05) is 0 Å². The molecular formula is CH2NOSi. The molecule has 3 heteroatoms. The maximum Gasteiger partial charge on any atom is 0.182 e. The summed E-state index contributed by atoms with van der Waals surface area (Å²) in [5, 5.41) is 0. The van der Waals surface area contributed by atoms with Crippen LogP contribution in [0.15, 0.2) is 0 Å². The quantitative estimate of drug-likeness (QED) is 0.375. The van der Waals surface area contributed by atoms with E-state index in [4.69, 9.17) is 4.79 Å². The van der Waals surface area contributed by atoms with Crippen LogP contribution >= 0.6 is 0 Å². The molecule has 4 heavy (non-hydrogen) atoms. The molecule has 0 bridgehead atoms. The van der Waals surface area contributed by atoms with E-state index < -0.39 is 5.53 Å². The molecule has 0 atom stereocenters. The van der Waals surface area contributed by atoms with Crippen molar-refractivity contribution in [3.8, 4) is 0 Å². The van der Waals surface area contributed by atoms with E-state index in [9.17, 15) is 0 Å². The first-order valence-electron chi connectivity index (χ1n) is 0.743. The summed E-state index contributed by atoms with van der Waals surface area (Å²) in [6.07, 6.45) is 0. The van der Waals surface area contributed by atoms with Gasteiger partial charge in [-0.2, -0.15) is 0 Å². The lowest BCUT2D eigenvalue weighted by molar-refractivity contribution is 0.266. The number of hydrogen-bond acceptors (Lipinski definition) is 1. The highest BCUT2D eigenvalue weighted by molar-refractivity contribution is 6.56. The third-order valence-electron chi connectivity index (χ3n) is 0. The van der Waals surface area contributed by atoms with Crippen LogP contribution in [0.4, 0.5) is 4.79 Å². The minimum Gasteiger partial charge on any atom is -0.375 e. The molecular weight excluding hydrogens is 70.1 g/mol. The Labute approximate surface area is 27.4 Å². The molecule has 0 fully saturated rings. The second-order valence-corrected chi connectivity index (χ2v) is 0.857. The van der Waals surface area contributed by atoms with Gasteiger partial charge >= 0.3 is 0 Å². The van der Waals surface area contributed by atoms with Crippen molar-refractivity contribution in [3.63, 3.8) is 0 Å². The summed E-state index contributed by atoms with van der Waals surface area (Å²) in [7, 11) is 2.45. The van der Waals surface area contributed by atoms with E-state index >= 15 is 0 Å². The van der Waals surface area contributed by atoms with Gasteiger partial charge in [0.25, 0.3) is 0 Å². The third-order valence-corrected chi connectivity index (χ3v) is 0. The zero-order valence-electron chi connectivity index (χ0n) is 1.99. The molecule has 0 aromatic rings. The van der Waals surface area contributed by atoms with E-state index in [1.165, 1.54) is 0 Å². The molecule has 0 aromatic carbocycles. The molecule has 0 saturated carbocycles. The summed E-state index contributed by atoms with van der Waals surface area (Å²) in [6, 6.07) is 0. The number of carbonyl (C=O) groups excluding carboxylic acids is 1. The summed E-state index contributed by atoms with van der Waals surface area (Å²) in [6.45, 7) is 0. The maximum absolute atomic E-state index is 9.14. The van der Waals surface area contributed by atoms with Crippen molar-refractivity contribution < 1.29 is 4.79 Å². The summed E-state index contributed by atoms with van der Waals surface area (Å²) >= 11 is 0. The zero-order chi connectivity index (χ0) is 3.58. The van der Waals surface area contributed by atoms with Gasteiger partial charge < -0.3 is 5.73 Å². The van der Waals surface area contributed by atoms with E-state index in [1.807, 2.05) is 0 Å². The molecule has 0 spiro atoms. The molecule has 0 rings (SSSR count). The first kappa shape index (κ1) is 3.69. The summed E-state index contributed by atoms with van der Waals surface area (Å²) in [5.41, 5.74) is 3.86. The SMILES string of the molecule is NC(=O)[Si]. The van der Waals surface area contributed by atoms with Crippen LogP contribution in [0.1, 0.15) is 0 Å². The molecule has 0 unspecified atom stereocenters. The van der Waals surface area contributed by atoms with Crippen molar-refractivity contribution in [2.24, 2.45) is 5.73 Å². The largest absolute Gasteiger partial charge is 0.375 e. The van der Waals surface area contributed by atoms with Crippen molar-refractivity contribution in [1.82, 2.24) is 0 Å². The number of amides is 1. The number of primary amides is 1. The van der Waals surface area contributed by atoms with Crippen molar-refractivity contribution in [3.05, 3.63) is 0 Å². The first-order chi connectivity index (χ1) is 1.73. The van der Waals surface area contributed by atoms with E-state index in [-0.39, 0.29) is 0 Å². The predicted molar refractivity (Wildman–Crippen MR) is 15.3 cm³/mol. The molecule has 0 heterocycles.